The molecule has 2 rings (SSSR count). The first kappa shape index (κ1) is 23.9. The van der Waals surface area contributed by atoms with Crippen LogP contribution in [-0.2, 0) is 6.42 Å². The second kappa shape index (κ2) is 10.1. The number of carbonyl (C=O) groups is 2. The van der Waals surface area contributed by atoms with Crippen molar-refractivity contribution in [2.45, 2.75) is 20.3 Å². The van der Waals surface area contributed by atoms with Gasteiger partial charge in [0.15, 0.2) is 11.6 Å². The molecule has 0 fully saturated rings. The van der Waals surface area contributed by atoms with Gasteiger partial charge in [-0.2, -0.15) is 0 Å². The number of hydrogen-bond donors (Lipinski definition) is 0. The number of rotatable bonds is 10. The second-order valence-corrected chi connectivity index (χ2v) is 6.62. The van der Waals surface area contributed by atoms with Gasteiger partial charge in [-0.3, -0.25) is 9.59 Å². The Hall–Kier alpha value is -3.42. The number of benzene rings is 2. The minimum atomic E-state index is -0.226. The number of Topliss-reactive ketones (excluding diaryl/α,β-unsaturated/α-hetero) is 2. The van der Waals surface area contributed by atoms with E-state index in [4.69, 9.17) is 28.4 Å². The molecule has 0 bridgehead atoms. The quantitative estimate of drug-likeness (QED) is 0.525. The maximum atomic E-state index is 12.4. The number of ether oxygens (including phenoxy) is 6. The summed E-state index contributed by atoms with van der Waals surface area (Å²) in [5.74, 6) is 1.74. The molecule has 31 heavy (non-hydrogen) atoms. The van der Waals surface area contributed by atoms with Crippen molar-refractivity contribution in [3.05, 3.63) is 34.4 Å². The molecule has 0 amide bonds. The molecule has 0 saturated heterocycles. The molecule has 0 aliphatic rings. The summed E-state index contributed by atoms with van der Waals surface area (Å²) in [6.45, 7) is 2.86. The minimum Gasteiger partial charge on any atom is -0.496 e. The fourth-order valence-electron chi connectivity index (χ4n) is 3.62. The predicted octanol–water partition coefficient (Wildman–Crippen LogP) is 3.73. The zero-order valence-corrected chi connectivity index (χ0v) is 19.1. The Morgan fingerprint density at radius 3 is 1.13 bits per heavy atom. The molecule has 0 unspecified atom stereocenters. The van der Waals surface area contributed by atoms with Crippen LogP contribution >= 0.6 is 0 Å². The van der Waals surface area contributed by atoms with Gasteiger partial charge in [-0.1, -0.05) is 0 Å². The van der Waals surface area contributed by atoms with Gasteiger partial charge in [-0.15, -0.1) is 0 Å². The van der Waals surface area contributed by atoms with Crippen LogP contribution in [-0.4, -0.2) is 54.2 Å². The molecular formula is C23H28O8. The first-order valence-corrected chi connectivity index (χ1v) is 9.44. The van der Waals surface area contributed by atoms with Gasteiger partial charge >= 0.3 is 0 Å². The van der Waals surface area contributed by atoms with E-state index in [-0.39, 0.29) is 18.0 Å². The molecule has 8 heteroatoms. The number of hydrogen-bond acceptors (Lipinski definition) is 8. The van der Waals surface area contributed by atoms with Crippen LogP contribution in [0, 0.1) is 0 Å². The molecule has 2 aromatic carbocycles. The highest BCUT2D eigenvalue weighted by molar-refractivity contribution is 6.01. The maximum absolute atomic E-state index is 12.4. The van der Waals surface area contributed by atoms with Gasteiger partial charge in [0, 0.05) is 29.7 Å². The highest BCUT2D eigenvalue weighted by atomic mass is 16.5. The highest BCUT2D eigenvalue weighted by Crippen LogP contribution is 2.45. The van der Waals surface area contributed by atoms with Crippen molar-refractivity contribution >= 4 is 11.6 Å². The topological polar surface area (TPSA) is 89.5 Å². The van der Waals surface area contributed by atoms with E-state index in [2.05, 4.69) is 0 Å². The van der Waals surface area contributed by atoms with Crippen molar-refractivity contribution in [1.29, 1.82) is 0 Å². The number of ketones is 2. The third-order valence-corrected chi connectivity index (χ3v) is 4.96. The number of methoxy groups -OCH3 is 6. The summed E-state index contributed by atoms with van der Waals surface area (Å²) in [6, 6.07) is 3.26. The molecule has 0 saturated carbocycles. The summed E-state index contributed by atoms with van der Waals surface area (Å²) in [5.41, 5.74) is 1.73. The average molecular weight is 432 g/mol. The van der Waals surface area contributed by atoms with E-state index >= 15 is 0 Å². The van der Waals surface area contributed by atoms with Gasteiger partial charge in [0.1, 0.15) is 45.6 Å². The van der Waals surface area contributed by atoms with Crippen LogP contribution in [0.3, 0.4) is 0 Å². The molecule has 0 heterocycles. The zero-order valence-electron chi connectivity index (χ0n) is 19.1. The van der Waals surface area contributed by atoms with E-state index in [1.54, 1.807) is 12.1 Å². The van der Waals surface area contributed by atoms with Gasteiger partial charge in [-0.05, 0) is 13.8 Å². The van der Waals surface area contributed by atoms with E-state index in [9.17, 15) is 9.59 Å². The Morgan fingerprint density at radius 2 is 0.903 bits per heavy atom. The first-order valence-electron chi connectivity index (χ1n) is 9.44. The van der Waals surface area contributed by atoms with E-state index in [0.717, 1.165) is 0 Å². The third-order valence-electron chi connectivity index (χ3n) is 4.96. The summed E-state index contributed by atoms with van der Waals surface area (Å²) in [5, 5.41) is 0. The molecule has 0 aromatic heterocycles. The molecule has 168 valence electrons. The van der Waals surface area contributed by atoms with Crippen molar-refractivity contribution in [2.24, 2.45) is 0 Å². The van der Waals surface area contributed by atoms with Gasteiger partial charge in [0.2, 0.25) is 0 Å². The lowest BCUT2D eigenvalue weighted by Crippen LogP contribution is -2.10. The maximum Gasteiger partial charge on any atom is 0.167 e. The lowest BCUT2D eigenvalue weighted by molar-refractivity contribution is 0.0998. The molecule has 2 aromatic rings. The zero-order chi connectivity index (χ0) is 23.3. The Kier molecular flexibility index (Phi) is 7.74. The normalized spacial score (nSPS) is 10.3. The van der Waals surface area contributed by atoms with Crippen molar-refractivity contribution in [3.63, 3.8) is 0 Å². The van der Waals surface area contributed by atoms with Crippen LogP contribution in [0.1, 0.15) is 45.7 Å². The SMILES string of the molecule is COc1cc(OC)c(C(C)=O)c(OC)c1Cc1c(OC)cc(OC)c(C(C)=O)c1OC. The van der Waals surface area contributed by atoms with E-state index in [0.29, 0.717) is 56.8 Å². The standard InChI is InChI=1S/C23H28O8/c1-12(24)20-18(28-5)10-16(26-3)14(22(20)30-7)9-15-17(27-4)11-19(29-6)21(13(2)25)23(15)31-8/h10-11H,9H2,1-8H3. The summed E-state index contributed by atoms with van der Waals surface area (Å²) in [7, 11) is 8.88. The van der Waals surface area contributed by atoms with Crippen molar-refractivity contribution in [2.75, 3.05) is 42.7 Å². The highest BCUT2D eigenvalue weighted by Gasteiger charge is 2.28. The molecule has 0 aliphatic heterocycles. The van der Waals surface area contributed by atoms with Gasteiger partial charge < -0.3 is 28.4 Å². The Balaban J connectivity index is 2.90. The molecule has 0 spiro atoms. The van der Waals surface area contributed by atoms with Crippen LogP contribution in [0.15, 0.2) is 12.1 Å². The molecular weight excluding hydrogens is 404 g/mol. The predicted molar refractivity (Wildman–Crippen MR) is 115 cm³/mol. The van der Waals surface area contributed by atoms with Gasteiger partial charge in [-0.25, -0.2) is 0 Å². The summed E-state index contributed by atoms with van der Waals surface area (Å²) < 4.78 is 33.1. The molecule has 8 nitrogen and oxygen atoms in total. The Morgan fingerprint density at radius 1 is 0.581 bits per heavy atom. The largest absolute Gasteiger partial charge is 0.496 e. The summed E-state index contributed by atoms with van der Waals surface area (Å²) >= 11 is 0. The van der Waals surface area contributed by atoms with Crippen molar-refractivity contribution < 1.29 is 38.0 Å². The summed E-state index contributed by atoms with van der Waals surface area (Å²) in [6.07, 6.45) is 0.188. The fourth-order valence-corrected chi connectivity index (χ4v) is 3.62. The smallest absolute Gasteiger partial charge is 0.167 e. The monoisotopic (exact) mass is 432 g/mol. The Bertz CT molecular complexity index is 915. The van der Waals surface area contributed by atoms with Crippen LogP contribution < -0.4 is 28.4 Å². The molecule has 0 radical (unpaired) electrons. The lowest BCUT2D eigenvalue weighted by Gasteiger charge is -2.22. The molecule has 0 aliphatic carbocycles. The van der Waals surface area contributed by atoms with E-state index in [1.165, 1.54) is 56.5 Å². The van der Waals surface area contributed by atoms with Gasteiger partial charge in [0.25, 0.3) is 0 Å². The first-order chi connectivity index (χ1) is 14.8. The fraction of sp³-hybridized carbons (Fsp3) is 0.391. The van der Waals surface area contributed by atoms with E-state index < -0.39 is 0 Å². The number of carbonyl (C=O) groups excluding carboxylic acids is 2. The molecule has 0 N–H and O–H groups in total. The van der Waals surface area contributed by atoms with Crippen LogP contribution in [0.25, 0.3) is 0 Å². The van der Waals surface area contributed by atoms with Crippen molar-refractivity contribution in [3.8, 4) is 34.5 Å². The van der Waals surface area contributed by atoms with Crippen LogP contribution in [0.5, 0.6) is 34.5 Å². The minimum absolute atomic E-state index is 0.188. The lowest BCUT2D eigenvalue weighted by atomic mass is 9.94. The van der Waals surface area contributed by atoms with Crippen LogP contribution in [0.4, 0.5) is 0 Å². The Labute approximate surface area is 182 Å². The molecule has 0 atom stereocenters. The third kappa shape index (κ3) is 4.38. The second-order valence-electron chi connectivity index (χ2n) is 6.62. The van der Waals surface area contributed by atoms with E-state index in [1.807, 2.05) is 0 Å². The summed E-state index contributed by atoms with van der Waals surface area (Å²) in [4.78, 5) is 24.7. The van der Waals surface area contributed by atoms with Crippen molar-refractivity contribution in [1.82, 2.24) is 0 Å². The van der Waals surface area contributed by atoms with Crippen LogP contribution in [0.2, 0.25) is 0 Å². The van der Waals surface area contributed by atoms with Gasteiger partial charge in [0.05, 0.1) is 42.7 Å². The average Bonchev–Trinajstić information content (AvgIpc) is 2.77.